The van der Waals surface area contributed by atoms with Gasteiger partial charge in [0.05, 0.1) is 10.6 Å². The van der Waals surface area contributed by atoms with Gasteiger partial charge in [-0.05, 0) is 72.9 Å². The lowest BCUT2D eigenvalue weighted by Crippen LogP contribution is -2.55. The van der Waals surface area contributed by atoms with Crippen LogP contribution in [0.1, 0.15) is 48.8 Å². The van der Waals surface area contributed by atoms with Gasteiger partial charge in [-0.3, -0.25) is 13.9 Å². The molecular weight excluding hydrogens is 698 g/mol. The summed E-state index contributed by atoms with van der Waals surface area (Å²) < 4.78 is 30.3. The maximum Gasteiger partial charge on any atom is 0.264 e. The van der Waals surface area contributed by atoms with Crippen LogP contribution < -0.4 is 9.62 Å². The maximum absolute atomic E-state index is 14.7. The molecule has 1 saturated carbocycles. The molecule has 246 valence electrons. The van der Waals surface area contributed by atoms with Crippen LogP contribution in [0.15, 0.2) is 112 Å². The van der Waals surface area contributed by atoms with E-state index in [0.717, 1.165) is 57.6 Å². The van der Waals surface area contributed by atoms with Crippen molar-refractivity contribution in [1.29, 1.82) is 0 Å². The molecule has 1 aliphatic rings. The highest BCUT2D eigenvalue weighted by atomic mass is 79.9. The topological polar surface area (TPSA) is 86.8 Å². The molecule has 7 nitrogen and oxygen atoms in total. The van der Waals surface area contributed by atoms with Crippen molar-refractivity contribution in [3.05, 3.63) is 129 Å². The first-order chi connectivity index (χ1) is 22.6. The Morgan fingerprint density at radius 2 is 1.53 bits per heavy atom. The second kappa shape index (κ2) is 16.0. The molecule has 1 atom stereocenters. The summed E-state index contributed by atoms with van der Waals surface area (Å²) in [5.41, 5.74) is 2.72. The summed E-state index contributed by atoms with van der Waals surface area (Å²) in [4.78, 5) is 30.4. The Balaban J connectivity index is 1.57. The van der Waals surface area contributed by atoms with Crippen molar-refractivity contribution in [3.63, 3.8) is 0 Å². The molecule has 0 bridgehead atoms. The van der Waals surface area contributed by atoms with E-state index < -0.39 is 28.5 Å². The normalized spacial score (nSPS) is 14.3. The van der Waals surface area contributed by atoms with Gasteiger partial charge in [-0.2, -0.15) is 0 Å². The van der Waals surface area contributed by atoms with Crippen molar-refractivity contribution in [1.82, 2.24) is 10.2 Å². The van der Waals surface area contributed by atoms with E-state index in [1.165, 1.54) is 17.0 Å². The van der Waals surface area contributed by atoms with E-state index in [-0.39, 0.29) is 35.5 Å². The maximum atomic E-state index is 14.7. The lowest BCUT2D eigenvalue weighted by Gasteiger charge is -2.35. The smallest absolute Gasteiger partial charge is 0.264 e. The van der Waals surface area contributed by atoms with Gasteiger partial charge in [0.2, 0.25) is 11.8 Å². The predicted molar refractivity (Wildman–Crippen MR) is 191 cm³/mol. The third-order valence-electron chi connectivity index (χ3n) is 8.52. The monoisotopic (exact) mass is 735 g/mol. The molecule has 0 radical (unpaired) electrons. The molecule has 10 heteroatoms. The number of halogens is 2. The quantitative estimate of drug-likeness (QED) is 0.162. The zero-order valence-corrected chi connectivity index (χ0v) is 29.5. The van der Waals surface area contributed by atoms with E-state index in [0.29, 0.717) is 5.02 Å². The lowest BCUT2D eigenvalue weighted by molar-refractivity contribution is -0.140. The Labute approximate surface area is 291 Å². The average Bonchev–Trinajstić information content (AvgIpc) is 3.07. The summed E-state index contributed by atoms with van der Waals surface area (Å²) in [5.74, 6) is -0.763. The van der Waals surface area contributed by atoms with E-state index in [1.807, 2.05) is 61.5 Å². The van der Waals surface area contributed by atoms with Gasteiger partial charge >= 0.3 is 0 Å². The van der Waals surface area contributed by atoms with E-state index in [9.17, 15) is 18.0 Å². The van der Waals surface area contributed by atoms with Gasteiger partial charge in [0.1, 0.15) is 12.6 Å². The molecule has 2 amide bonds. The van der Waals surface area contributed by atoms with Crippen molar-refractivity contribution >= 4 is 55.1 Å². The van der Waals surface area contributed by atoms with Crippen LogP contribution in [-0.2, 0) is 32.6 Å². The van der Waals surface area contributed by atoms with E-state index in [4.69, 9.17) is 11.6 Å². The molecule has 0 aromatic heterocycles. The third-order valence-corrected chi connectivity index (χ3v) is 11.2. The second-order valence-electron chi connectivity index (χ2n) is 12.0. The lowest BCUT2D eigenvalue weighted by atomic mass is 9.94. The molecule has 4 aromatic carbocycles. The first kappa shape index (κ1) is 34.7. The van der Waals surface area contributed by atoms with Crippen molar-refractivity contribution in [2.24, 2.45) is 0 Å². The molecule has 1 aliphatic carbocycles. The number of hydrogen-bond acceptors (Lipinski definition) is 4. The number of rotatable bonds is 12. The standard InChI is InChI=1S/C37H39BrClN3O4S/c1-27-20-21-32(24-34(27)39)42(47(45,46)33-18-9-4-10-19-33)26-36(43)41(25-29-14-11-15-30(38)22-29)35(23-28-12-5-2-6-13-28)37(44)40-31-16-7-3-8-17-31/h2,4-6,9-15,18-22,24,31,35H,3,7-8,16-17,23,25-26H2,1H3,(H,40,44)/t35-/m0/s1. The van der Waals surface area contributed by atoms with Crippen LogP contribution in [0.4, 0.5) is 5.69 Å². The van der Waals surface area contributed by atoms with E-state index in [2.05, 4.69) is 21.2 Å². The number of nitrogens with one attached hydrogen (secondary N) is 1. The highest BCUT2D eigenvalue weighted by Gasteiger charge is 2.35. The van der Waals surface area contributed by atoms with Crippen LogP contribution >= 0.6 is 27.5 Å². The van der Waals surface area contributed by atoms with Crippen LogP contribution in [0.2, 0.25) is 5.02 Å². The fourth-order valence-electron chi connectivity index (χ4n) is 5.92. The Morgan fingerprint density at radius 3 is 2.19 bits per heavy atom. The molecule has 47 heavy (non-hydrogen) atoms. The fraction of sp³-hybridized carbons (Fsp3) is 0.297. The van der Waals surface area contributed by atoms with Crippen LogP contribution in [0.25, 0.3) is 0 Å². The number of carbonyl (C=O) groups is 2. The van der Waals surface area contributed by atoms with E-state index in [1.54, 1.807) is 36.4 Å². The van der Waals surface area contributed by atoms with Gasteiger partial charge in [0, 0.05) is 28.5 Å². The van der Waals surface area contributed by atoms with Gasteiger partial charge < -0.3 is 10.2 Å². The molecule has 0 heterocycles. The van der Waals surface area contributed by atoms with Gasteiger partial charge in [-0.1, -0.05) is 114 Å². The molecule has 0 saturated heterocycles. The minimum Gasteiger partial charge on any atom is -0.352 e. The van der Waals surface area contributed by atoms with Gasteiger partial charge in [0.15, 0.2) is 0 Å². The van der Waals surface area contributed by atoms with E-state index >= 15 is 0 Å². The molecule has 1 fully saturated rings. The molecule has 1 N–H and O–H groups in total. The Morgan fingerprint density at radius 1 is 0.872 bits per heavy atom. The second-order valence-corrected chi connectivity index (χ2v) is 15.1. The summed E-state index contributed by atoms with van der Waals surface area (Å²) >= 11 is 10.0. The SMILES string of the molecule is Cc1ccc(N(CC(=O)N(Cc2cccc(Br)c2)[C@@H](Cc2ccccc2)C(=O)NC2CCCCC2)S(=O)(=O)c2ccccc2)cc1Cl. The first-order valence-corrected chi connectivity index (χ1v) is 18.4. The zero-order chi connectivity index (χ0) is 33.4. The number of nitrogens with zero attached hydrogens (tertiary/aromatic N) is 2. The summed E-state index contributed by atoms with van der Waals surface area (Å²) in [7, 11) is -4.20. The summed E-state index contributed by atoms with van der Waals surface area (Å²) in [6.07, 6.45) is 5.27. The van der Waals surface area contributed by atoms with Gasteiger partial charge in [0.25, 0.3) is 10.0 Å². The van der Waals surface area contributed by atoms with Crippen molar-refractivity contribution in [2.75, 3.05) is 10.8 Å². The minimum absolute atomic E-state index is 0.0296. The number of anilines is 1. The van der Waals surface area contributed by atoms with Crippen LogP contribution in [-0.4, -0.2) is 43.8 Å². The first-order valence-electron chi connectivity index (χ1n) is 15.8. The predicted octanol–water partition coefficient (Wildman–Crippen LogP) is 7.70. The molecule has 0 aliphatic heterocycles. The molecule has 0 unspecified atom stereocenters. The highest BCUT2D eigenvalue weighted by Crippen LogP contribution is 2.29. The van der Waals surface area contributed by atoms with Crippen LogP contribution in [0.5, 0.6) is 0 Å². The summed E-state index contributed by atoms with van der Waals surface area (Å²) in [6, 6.07) is 29.2. The Hall–Kier alpha value is -3.66. The largest absolute Gasteiger partial charge is 0.352 e. The zero-order valence-electron chi connectivity index (χ0n) is 26.3. The van der Waals surface area contributed by atoms with Crippen molar-refractivity contribution in [2.45, 2.75) is 69.0 Å². The Bertz CT molecular complexity index is 1780. The van der Waals surface area contributed by atoms with Gasteiger partial charge in [-0.25, -0.2) is 8.42 Å². The number of amides is 2. The number of hydrogen-bond donors (Lipinski definition) is 1. The molecular formula is C37H39BrClN3O4S. The number of carbonyl (C=O) groups excluding carboxylic acids is 2. The van der Waals surface area contributed by atoms with Crippen LogP contribution in [0, 0.1) is 6.92 Å². The fourth-order valence-corrected chi connectivity index (χ4v) is 7.96. The summed E-state index contributed by atoms with van der Waals surface area (Å²) in [5, 5.41) is 3.61. The molecule has 5 rings (SSSR count). The highest BCUT2D eigenvalue weighted by molar-refractivity contribution is 9.10. The third kappa shape index (κ3) is 9.03. The Kier molecular flexibility index (Phi) is 11.8. The van der Waals surface area contributed by atoms with Crippen molar-refractivity contribution < 1.29 is 18.0 Å². The summed E-state index contributed by atoms with van der Waals surface area (Å²) in [6.45, 7) is 1.39. The van der Waals surface area contributed by atoms with Crippen molar-refractivity contribution in [3.8, 4) is 0 Å². The molecule has 0 spiro atoms. The number of sulfonamides is 1. The number of aryl methyl sites for hydroxylation is 1. The minimum atomic E-state index is -4.20. The average molecular weight is 737 g/mol. The van der Waals surface area contributed by atoms with Crippen LogP contribution in [0.3, 0.4) is 0 Å². The van der Waals surface area contributed by atoms with Gasteiger partial charge in [-0.15, -0.1) is 0 Å². The molecule has 4 aromatic rings. The number of benzene rings is 4.